The Hall–Kier alpha value is 2.19. The Morgan fingerprint density at radius 2 is 0.750 bits per heavy atom. The molecule has 4 heavy (non-hydrogen) atoms. The largest absolute Gasteiger partial charge is 0.412 e. The summed E-state index contributed by atoms with van der Waals surface area (Å²) in [6.07, 6.45) is 0. The molecular formula is H4EuO2W. The van der Waals surface area contributed by atoms with Crippen molar-refractivity contribution in [3.63, 3.8) is 0 Å². The summed E-state index contributed by atoms with van der Waals surface area (Å²) in [7, 11) is 0. The monoisotopic (exact) mass is 373 g/mol. The summed E-state index contributed by atoms with van der Waals surface area (Å²) >= 11 is 0. The topological polar surface area (TPSA) is 63.0 Å². The van der Waals surface area contributed by atoms with Crippen LogP contribution in [0.1, 0.15) is 0 Å². The second kappa shape index (κ2) is 19.0. The van der Waals surface area contributed by atoms with Gasteiger partial charge < -0.3 is 11.0 Å². The molecule has 0 aliphatic carbocycles. The maximum Gasteiger partial charge on any atom is 0 e. The fourth-order valence-electron chi connectivity index (χ4n) is 0. The minimum atomic E-state index is 0. The molecule has 0 atom stereocenters. The van der Waals surface area contributed by atoms with Gasteiger partial charge in [-0.05, 0) is 0 Å². The fourth-order valence-corrected chi connectivity index (χ4v) is 0. The van der Waals surface area contributed by atoms with Gasteiger partial charge in [-0.2, -0.15) is 0 Å². The average molecular weight is 372 g/mol. The van der Waals surface area contributed by atoms with Crippen LogP contribution >= 0.6 is 0 Å². The van der Waals surface area contributed by atoms with Crippen LogP contribution in [0, 0.1) is 49.4 Å². The molecule has 0 saturated carbocycles. The molecule has 0 heterocycles. The summed E-state index contributed by atoms with van der Waals surface area (Å²) in [6, 6.07) is 0. The summed E-state index contributed by atoms with van der Waals surface area (Å²) in [5.74, 6) is 0. The molecule has 0 fully saturated rings. The maximum absolute atomic E-state index is 0. The van der Waals surface area contributed by atoms with Crippen molar-refractivity contribution < 1.29 is 81.4 Å². The van der Waals surface area contributed by atoms with E-state index in [2.05, 4.69) is 0 Å². The fraction of sp³-hybridized carbons (Fsp3) is 0. The van der Waals surface area contributed by atoms with Crippen molar-refractivity contribution in [1.82, 2.24) is 0 Å². The van der Waals surface area contributed by atoms with Crippen LogP contribution in [0.5, 0.6) is 0 Å². The molecule has 0 amide bonds. The van der Waals surface area contributed by atoms with Crippen molar-refractivity contribution in [3.05, 3.63) is 0 Å². The van der Waals surface area contributed by atoms with Gasteiger partial charge in [0.05, 0.1) is 0 Å². The van der Waals surface area contributed by atoms with E-state index in [0.717, 1.165) is 0 Å². The van der Waals surface area contributed by atoms with Crippen LogP contribution in [-0.4, -0.2) is 11.0 Å². The number of hydrogen-bond acceptors (Lipinski definition) is 0. The molecule has 0 aliphatic heterocycles. The zero-order valence-electron chi connectivity index (χ0n) is 1.79. The molecule has 2 nitrogen and oxygen atoms in total. The van der Waals surface area contributed by atoms with Gasteiger partial charge in [0, 0.05) is 70.4 Å². The third kappa shape index (κ3) is 8.89. The van der Waals surface area contributed by atoms with Gasteiger partial charge in [-0.25, -0.2) is 0 Å². The van der Waals surface area contributed by atoms with Crippen LogP contribution in [0.2, 0.25) is 0 Å². The van der Waals surface area contributed by atoms with E-state index in [1.165, 1.54) is 0 Å². The summed E-state index contributed by atoms with van der Waals surface area (Å²) in [4.78, 5) is 0. The van der Waals surface area contributed by atoms with E-state index >= 15 is 0 Å². The Balaban J connectivity index is 0. The molecule has 0 unspecified atom stereocenters. The van der Waals surface area contributed by atoms with Crippen molar-refractivity contribution in [3.8, 4) is 0 Å². The van der Waals surface area contributed by atoms with Crippen LogP contribution in [0.15, 0.2) is 0 Å². The van der Waals surface area contributed by atoms with Crippen LogP contribution in [-0.2, 0) is 21.1 Å². The predicted molar refractivity (Wildman–Crippen MR) is 7.23 cm³/mol. The Morgan fingerprint density at radius 3 is 0.750 bits per heavy atom. The Kier molecular flexibility index (Phi) is 165. The molecule has 0 spiro atoms. The third-order valence-electron chi connectivity index (χ3n) is 0. The number of hydrogen-bond donors (Lipinski definition) is 0. The van der Waals surface area contributed by atoms with E-state index in [9.17, 15) is 0 Å². The van der Waals surface area contributed by atoms with Crippen molar-refractivity contribution in [2.45, 2.75) is 0 Å². The molecule has 0 aliphatic rings. The van der Waals surface area contributed by atoms with Crippen LogP contribution in [0.4, 0.5) is 0 Å². The molecule has 4 N–H and O–H groups in total. The van der Waals surface area contributed by atoms with E-state index in [0.29, 0.717) is 0 Å². The van der Waals surface area contributed by atoms with Crippen molar-refractivity contribution in [2.75, 3.05) is 0 Å². The van der Waals surface area contributed by atoms with Gasteiger partial charge in [-0.1, -0.05) is 0 Å². The summed E-state index contributed by atoms with van der Waals surface area (Å²) < 4.78 is 0. The van der Waals surface area contributed by atoms with Gasteiger partial charge in [-0.3, -0.25) is 0 Å². The SMILES string of the molecule is O.O.[Eu].[W]. The van der Waals surface area contributed by atoms with Gasteiger partial charge in [0.15, 0.2) is 0 Å². The van der Waals surface area contributed by atoms with Crippen molar-refractivity contribution >= 4 is 0 Å². The first-order valence-electron chi connectivity index (χ1n) is 0. The van der Waals surface area contributed by atoms with Crippen LogP contribution in [0.25, 0.3) is 0 Å². The van der Waals surface area contributed by atoms with E-state index in [-0.39, 0.29) is 81.4 Å². The molecule has 29 valence electrons. The zero-order valence-corrected chi connectivity index (χ0v) is 7.14. The summed E-state index contributed by atoms with van der Waals surface area (Å²) in [5.41, 5.74) is 0. The first-order chi connectivity index (χ1) is 0. The quantitative estimate of drug-likeness (QED) is 0.490. The molecule has 0 aromatic rings. The Bertz CT molecular complexity index is 6.00. The van der Waals surface area contributed by atoms with E-state index in [1.807, 2.05) is 0 Å². The van der Waals surface area contributed by atoms with Gasteiger partial charge in [-0.15, -0.1) is 0 Å². The minimum absolute atomic E-state index is 0. The standard InChI is InChI=1S/Eu.2H2O.W/h;2*1H2;. The first kappa shape index (κ1) is 34.7. The van der Waals surface area contributed by atoms with E-state index < -0.39 is 0 Å². The molecule has 1 radical (unpaired) electrons. The number of rotatable bonds is 0. The normalized spacial score (nSPS) is 0. The van der Waals surface area contributed by atoms with E-state index in [1.54, 1.807) is 0 Å². The zero-order chi connectivity index (χ0) is 0. The molecule has 0 bridgehead atoms. The Morgan fingerprint density at radius 1 is 0.750 bits per heavy atom. The first-order valence-corrected chi connectivity index (χ1v) is 0. The molecule has 4 heteroatoms. The summed E-state index contributed by atoms with van der Waals surface area (Å²) in [5, 5.41) is 0. The van der Waals surface area contributed by atoms with E-state index in [4.69, 9.17) is 0 Å². The van der Waals surface area contributed by atoms with Crippen molar-refractivity contribution in [1.29, 1.82) is 0 Å². The Labute approximate surface area is 79.8 Å². The maximum atomic E-state index is 0. The van der Waals surface area contributed by atoms with Gasteiger partial charge in [0.25, 0.3) is 0 Å². The minimum Gasteiger partial charge on any atom is -0.412 e. The van der Waals surface area contributed by atoms with Crippen molar-refractivity contribution in [2.24, 2.45) is 0 Å². The van der Waals surface area contributed by atoms with Gasteiger partial charge in [0.1, 0.15) is 0 Å². The van der Waals surface area contributed by atoms with Gasteiger partial charge in [0.2, 0.25) is 0 Å². The second-order valence-electron chi connectivity index (χ2n) is 0. The van der Waals surface area contributed by atoms with Crippen LogP contribution in [0.3, 0.4) is 0 Å². The summed E-state index contributed by atoms with van der Waals surface area (Å²) in [6.45, 7) is 0. The molecule has 0 saturated heterocycles. The van der Waals surface area contributed by atoms with Gasteiger partial charge >= 0.3 is 0 Å². The molecule has 0 aromatic heterocycles. The predicted octanol–water partition coefficient (Wildman–Crippen LogP) is -1.65. The smallest absolute Gasteiger partial charge is 0 e. The third-order valence-corrected chi connectivity index (χ3v) is 0. The molecular weight excluding hydrogens is 368 g/mol. The molecule has 0 rings (SSSR count). The average Bonchev–Trinajstić information content (AvgIpc) is 0. The van der Waals surface area contributed by atoms with Crippen LogP contribution < -0.4 is 0 Å². The molecule has 0 aromatic carbocycles. The second-order valence-corrected chi connectivity index (χ2v) is 0.